The van der Waals surface area contributed by atoms with Gasteiger partial charge < -0.3 is 4.98 Å². The molecule has 84 valence electrons. The second-order valence-electron chi connectivity index (χ2n) is 3.96. The van der Waals surface area contributed by atoms with Crippen LogP contribution in [0.25, 0.3) is 21.7 Å². The van der Waals surface area contributed by atoms with Gasteiger partial charge in [0.1, 0.15) is 0 Å². The van der Waals surface area contributed by atoms with Gasteiger partial charge in [-0.15, -0.1) is 0 Å². The number of aryl methyl sites for hydroxylation is 1. The van der Waals surface area contributed by atoms with Gasteiger partial charge in [-0.3, -0.25) is 9.78 Å². The van der Waals surface area contributed by atoms with Crippen LogP contribution in [0, 0.1) is 6.92 Å². The van der Waals surface area contributed by atoms with E-state index in [1.807, 2.05) is 25.1 Å². The molecule has 0 spiro atoms. The number of aromatic nitrogens is 2. The van der Waals surface area contributed by atoms with Crippen LogP contribution in [0.3, 0.4) is 0 Å². The van der Waals surface area contributed by atoms with E-state index >= 15 is 0 Å². The molecule has 0 amide bonds. The van der Waals surface area contributed by atoms with Crippen molar-refractivity contribution in [1.29, 1.82) is 0 Å². The van der Waals surface area contributed by atoms with E-state index < -0.39 is 0 Å². The summed E-state index contributed by atoms with van der Waals surface area (Å²) < 4.78 is 0. The number of pyridine rings is 2. The molecule has 3 rings (SSSR count). The molecule has 0 unspecified atom stereocenters. The lowest BCUT2D eigenvalue weighted by molar-refractivity contribution is 1.21. The van der Waals surface area contributed by atoms with Gasteiger partial charge in [-0.2, -0.15) is 0 Å². The average Bonchev–Trinajstić information content (AvgIpc) is 2.28. The minimum atomic E-state index is -0.125. The highest BCUT2D eigenvalue weighted by molar-refractivity contribution is 6.31. The molecule has 3 aromatic rings. The maximum Gasteiger partial charge on any atom is 0.258 e. The quantitative estimate of drug-likeness (QED) is 0.618. The Hall–Kier alpha value is -1.87. The molecule has 2 aromatic heterocycles. The fourth-order valence-corrected chi connectivity index (χ4v) is 2.29. The number of benzene rings is 1. The number of hydrogen-bond donors (Lipinski definition) is 1. The highest BCUT2D eigenvalue weighted by Crippen LogP contribution is 2.24. The van der Waals surface area contributed by atoms with E-state index in [-0.39, 0.29) is 5.56 Å². The largest absolute Gasteiger partial charge is 0.321 e. The number of nitrogens with zero attached hydrogens (tertiary/aromatic N) is 1. The molecule has 2 heterocycles. The normalized spacial score (nSPS) is 11.2. The lowest BCUT2D eigenvalue weighted by Crippen LogP contribution is -2.08. The number of halogens is 1. The average molecular weight is 245 g/mol. The van der Waals surface area contributed by atoms with Crippen LogP contribution in [0.1, 0.15) is 5.69 Å². The highest BCUT2D eigenvalue weighted by atomic mass is 35.5. The molecule has 0 saturated carbocycles. The topological polar surface area (TPSA) is 45.8 Å². The van der Waals surface area contributed by atoms with Crippen molar-refractivity contribution in [3.05, 3.63) is 51.5 Å². The maximum atomic E-state index is 12.0. The molecule has 0 fully saturated rings. The zero-order chi connectivity index (χ0) is 12.0. The first-order valence-electron chi connectivity index (χ1n) is 5.23. The second-order valence-corrected chi connectivity index (χ2v) is 4.40. The second kappa shape index (κ2) is 3.57. The Labute approximate surface area is 102 Å². The van der Waals surface area contributed by atoms with Crippen LogP contribution in [0.15, 0.2) is 35.3 Å². The Balaban J connectivity index is 2.65. The molecule has 0 aliphatic carbocycles. The van der Waals surface area contributed by atoms with Crippen LogP contribution in [-0.2, 0) is 0 Å². The standard InChI is InChI=1S/C13H9ClN2O/c1-7-12-10(4-5-15-7)9-3-2-8(14)6-11(9)16-13(12)17/h2-6H,1H3,(H,16,17). The van der Waals surface area contributed by atoms with E-state index in [0.29, 0.717) is 10.4 Å². The monoisotopic (exact) mass is 244 g/mol. The smallest absolute Gasteiger partial charge is 0.258 e. The molecule has 1 N–H and O–H groups in total. The first kappa shape index (κ1) is 10.3. The fraction of sp³-hybridized carbons (Fsp3) is 0.0769. The van der Waals surface area contributed by atoms with Gasteiger partial charge >= 0.3 is 0 Å². The number of fused-ring (bicyclic) bond motifs is 3. The Morgan fingerprint density at radius 1 is 1.24 bits per heavy atom. The molecule has 0 radical (unpaired) electrons. The summed E-state index contributed by atoms with van der Waals surface area (Å²) in [5.74, 6) is 0. The molecule has 0 aliphatic heterocycles. The van der Waals surface area contributed by atoms with E-state index in [4.69, 9.17) is 11.6 Å². The summed E-state index contributed by atoms with van der Waals surface area (Å²) in [6.07, 6.45) is 1.71. The third-order valence-electron chi connectivity index (χ3n) is 2.89. The first-order valence-corrected chi connectivity index (χ1v) is 5.61. The van der Waals surface area contributed by atoms with E-state index in [1.54, 1.807) is 12.3 Å². The van der Waals surface area contributed by atoms with E-state index in [2.05, 4.69) is 9.97 Å². The van der Waals surface area contributed by atoms with Crippen LogP contribution in [-0.4, -0.2) is 9.97 Å². The maximum absolute atomic E-state index is 12.0. The molecular formula is C13H9ClN2O. The van der Waals surface area contributed by atoms with Crippen LogP contribution >= 0.6 is 11.6 Å². The van der Waals surface area contributed by atoms with Crippen molar-refractivity contribution in [1.82, 2.24) is 9.97 Å². The molecule has 0 atom stereocenters. The molecule has 3 nitrogen and oxygen atoms in total. The van der Waals surface area contributed by atoms with Gasteiger partial charge in [0.2, 0.25) is 0 Å². The van der Waals surface area contributed by atoms with Crippen molar-refractivity contribution in [2.24, 2.45) is 0 Å². The summed E-state index contributed by atoms with van der Waals surface area (Å²) >= 11 is 5.92. The molecule has 0 aliphatic rings. The van der Waals surface area contributed by atoms with E-state index in [0.717, 1.165) is 22.0 Å². The third kappa shape index (κ3) is 1.51. The lowest BCUT2D eigenvalue weighted by atomic mass is 10.1. The first-order chi connectivity index (χ1) is 8.16. The minimum absolute atomic E-state index is 0.125. The zero-order valence-electron chi connectivity index (χ0n) is 9.12. The summed E-state index contributed by atoms with van der Waals surface area (Å²) in [7, 11) is 0. The molecule has 17 heavy (non-hydrogen) atoms. The molecule has 0 bridgehead atoms. The molecule has 1 aromatic carbocycles. The van der Waals surface area contributed by atoms with Crippen molar-refractivity contribution in [2.45, 2.75) is 6.92 Å². The van der Waals surface area contributed by atoms with E-state index in [9.17, 15) is 4.79 Å². The van der Waals surface area contributed by atoms with Crippen LogP contribution in [0.2, 0.25) is 5.02 Å². The van der Waals surface area contributed by atoms with Gasteiger partial charge in [0, 0.05) is 16.6 Å². The van der Waals surface area contributed by atoms with Crippen LogP contribution in [0.4, 0.5) is 0 Å². The van der Waals surface area contributed by atoms with Gasteiger partial charge in [-0.05, 0) is 30.5 Å². The van der Waals surface area contributed by atoms with Gasteiger partial charge in [-0.25, -0.2) is 0 Å². The number of hydrogen-bond acceptors (Lipinski definition) is 2. The van der Waals surface area contributed by atoms with Crippen molar-refractivity contribution in [2.75, 3.05) is 0 Å². The summed E-state index contributed by atoms with van der Waals surface area (Å²) in [4.78, 5) is 19.0. The molecular weight excluding hydrogens is 236 g/mol. The SMILES string of the molecule is Cc1nccc2c1c(=O)[nH]c1cc(Cl)ccc12. The van der Waals surface area contributed by atoms with Crippen molar-refractivity contribution in [3.63, 3.8) is 0 Å². The summed E-state index contributed by atoms with van der Waals surface area (Å²) in [5.41, 5.74) is 1.36. The van der Waals surface area contributed by atoms with Gasteiger partial charge in [0.25, 0.3) is 5.56 Å². The number of nitrogens with one attached hydrogen (secondary N) is 1. The highest BCUT2D eigenvalue weighted by Gasteiger charge is 2.07. The van der Waals surface area contributed by atoms with Crippen molar-refractivity contribution >= 4 is 33.3 Å². The lowest BCUT2D eigenvalue weighted by Gasteiger charge is -2.05. The predicted octanol–water partition coefficient (Wildman–Crippen LogP) is 3.04. The molecule has 0 saturated heterocycles. The summed E-state index contributed by atoms with van der Waals surface area (Å²) in [6.45, 7) is 1.83. The van der Waals surface area contributed by atoms with Crippen molar-refractivity contribution < 1.29 is 0 Å². The minimum Gasteiger partial charge on any atom is -0.321 e. The summed E-state index contributed by atoms with van der Waals surface area (Å²) in [5, 5.41) is 3.14. The van der Waals surface area contributed by atoms with Crippen molar-refractivity contribution in [3.8, 4) is 0 Å². The third-order valence-corrected chi connectivity index (χ3v) is 3.12. The van der Waals surface area contributed by atoms with E-state index in [1.165, 1.54) is 0 Å². The Morgan fingerprint density at radius 3 is 2.88 bits per heavy atom. The Bertz CT molecular complexity index is 792. The Morgan fingerprint density at radius 2 is 2.06 bits per heavy atom. The fourth-order valence-electron chi connectivity index (χ4n) is 2.12. The number of H-pyrrole nitrogens is 1. The molecule has 4 heteroatoms. The van der Waals surface area contributed by atoms with Gasteiger partial charge in [-0.1, -0.05) is 17.7 Å². The number of rotatable bonds is 0. The zero-order valence-corrected chi connectivity index (χ0v) is 9.88. The van der Waals surface area contributed by atoms with Gasteiger partial charge in [0.15, 0.2) is 0 Å². The van der Waals surface area contributed by atoms with Gasteiger partial charge in [0.05, 0.1) is 16.6 Å². The van der Waals surface area contributed by atoms with Crippen LogP contribution in [0.5, 0.6) is 0 Å². The number of aromatic amines is 1. The van der Waals surface area contributed by atoms with Crippen LogP contribution < -0.4 is 5.56 Å². The Kier molecular flexibility index (Phi) is 2.16. The summed E-state index contributed by atoms with van der Waals surface area (Å²) in [6, 6.07) is 7.34. The predicted molar refractivity (Wildman–Crippen MR) is 69.6 cm³/mol.